The molecular weight excluding hydrogens is 547 g/mol. The molecule has 8 nitrogen and oxygen atoms in total. The summed E-state index contributed by atoms with van der Waals surface area (Å²) >= 11 is 1.09. The number of thiazole rings is 1. The summed E-state index contributed by atoms with van der Waals surface area (Å²) in [5.41, 5.74) is 2.22. The molecule has 1 fully saturated rings. The lowest BCUT2D eigenvalue weighted by molar-refractivity contribution is -0.132. The Hall–Kier alpha value is -4.44. The van der Waals surface area contributed by atoms with E-state index in [0.29, 0.717) is 52.5 Å². The van der Waals surface area contributed by atoms with Gasteiger partial charge >= 0.3 is 5.91 Å². The monoisotopic (exact) mass is 574 g/mol. The average molecular weight is 575 g/mol. The fourth-order valence-corrected chi connectivity index (χ4v) is 6.31. The van der Waals surface area contributed by atoms with E-state index in [4.69, 9.17) is 14.2 Å². The van der Waals surface area contributed by atoms with Crippen LogP contribution < -0.4 is 19.1 Å². The fraction of sp³-hybridized carbons (Fsp3) is 0.258. The first kappa shape index (κ1) is 26.8. The zero-order chi connectivity index (χ0) is 28.8. The summed E-state index contributed by atoms with van der Waals surface area (Å²) in [5, 5.41) is 11.8. The Labute approximate surface area is 239 Å². The third-order valence-electron chi connectivity index (χ3n) is 7.04. The van der Waals surface area contributed by atoms with Crippen LogP contribution in [0.4, 0.5) is 9.52 Å². The van der Waals surface area contributed by atoms with E-state index in [-0.39, 0.29) is 22.6 Å². The summed E-state index contributed by atoms with van der Waals surface area (Å²) in [5.74, 6) is -0.770. The molecule has 2 aliphatic rings. The van der Waals surface area contributed by atoms with Gasteiger partial charge in [0.1, 0.15) is 23.4 Å². The smallest absolute Gasteiger partial charge is 0.301 e. The van der Waals surface area contributed by atoms with Gasteiger partial charge in [-0.15, -0.1) is 0 Å². The second-order valence-corrected chi connectivity index (χ2v) is 10.8. The van der Waals surface area contributed by atoms with Crippen molar-refractivity contribution in [2.75, 3.05) is 18.1 Å². The van der Waals surface area contributed by atoms with Gasteiger partial charge in [0.2, 0.25) is 0 Å². The van der Waals surface area contributed by atoms with Gasteiger partial charge in [-0.3, -0.25) is 14.5 Å². The van der Waals surface area contributed by atoms with E-state index < -0.39 is 23.5 Å². The maximum absolute atomic E-state index is 14.0. The lowest BCUT2D eigenvalue weighted by atomic mass is 9.94. The molecule has 1 amide bonds. The van der Waals surface area contributed by atoms with Crippen LogP contribution in [0.15, 0.2) is 60.2 Å². The Morgan fingerprint density at radius 2 is 1.85 bits per heavy atom. The molecule has 3 heterocycles. The highest BCUT2D eigenvalue weighted by Gasteiger charge is 2.48. The third-order valence-corrected chi connectivity index (χ3v) is 8.06. The van der Waals surface area contributed by atoms with Crippen LogP contribution in [0.25, 0.3) is 16.0 Å². The van der Waals surface area contributed by atoms with E-state index in [1.54, 1.807) is 36.4 Å². The van der Waals surface area contributed by atoms with Crippen molar-refractivity contribution in [2.24, 2.45) is 0 Å². The second kappa shape index (κ2) is 10.5. The predicted molar refractivity (Wildman–Crippen MR) is 153 cm³/mol. The number of hydrogen-bond donors (Lipinski definition) is 1. The molecule has 3 aromatic carbocycles. The molecule has 1 aromatic heterocycles. The third kappa shape index (κ3) is 4.67. The van der Waals surface area contributed by atoms with E-state index in [9.17, 15) is 19.1 Å². The van der Waals surface area contributed by atoms with E-state index >= 15 is 0 Å². The van der Waals surface area contributed by atoms with Gasteiger partial charge in [0.25, 0.3) is 5.78 Å². The van der Waals surface area contributed by atoms with E-state index in [1.807, 2.05) is 20.8 Å². The van der Waals surface area contributed by atoms with Gasteiger partial charge in [0.15, 0.2) is 16.6 Å². The summed E-state index contributed by atoms with van der Waals surface area (Å²) in [7, 11) is 0. The van der Waals surface area contributed by atoms with Gasteiger partial charge in [-0.1, -0.05) is 17.4 Å². The first-order chi connectivity index (χ1) is 19.8. The van der Waals surface area contributed by atoms with Crippen LogP contribution in [-0.4, -0.2) is 41.1 Å². The van der Waals surface area contributed by atoms with Gasteiger partial charge in [0, 0.05) is 12.0 Å². The topological polar surface area (TPSA) is 98.2 Å². The molecule has 41 heavy (non-hydrogen) atoms. The molecule has 4 aromatic rings. The predicted octanol–water partition coefficient (Wildman–Crippen LogP) is 6.18. The van der Waals surface area contributed by atoms with Gasteiger partial charge in [-0.2, -0.15) is 0 Å². The number of ketones is 1. The molecule has 0 aliphatic carbocycles. The van der Waals surface area contributed by atoms with Gasteiger partial charge in [-0.05, 0) is 80.4 Å². The molecule has 6 rings (SSSR count). The Balaban J connectivity index is 1.55. The summed E-state index contributed by atoms with van der Waals surface area (Å²) in [6, 6.07) is 13.5. The van der Waals surface area contributed by atoms with Crippen molar-refractivity contribution in [2.45, 2.75) is 39.3 Å². The Bertz CT molecular complexity index is 1730. The maximum Gasteiger partial charge on any atom is 0.301 e. The van der Waals surface area contributed by atoms with Crippen molar-refractivity contribution in [3.05, 3.63) is 82.7 Å². The Morgan fingerprint density at radius 3 is 2.63 bits per heavy atom. The second-order valence-electron chi connectivity index (χ2n) is 9.80. The van der Waals surface area contributed by atoms with Crippen LogP contribution in [0.1, 0.15) is 43.5 Å². The minimum absolute atomic E-state index is 0.00214. The Kier molecular flexibility index (Phi) is 6.86. The zero-order valence-corrected chi connectivity index (χ0v) is 23.5. The number of fused-ring (bicyclic) bond motifs is 2. The molecule has 0 spiro atoms. The molecule has 0 bridgehead atoms. The summed E-state index contributed by atoms with van der Waals surface area (Å²) in [4.78, 5) is 33.1. The number of carbonyl (C=O) groups is 2. The number of benzene rings is 3. The van der Waals surface area contributed by atoms with Crippen LogP contribution in [0.3, 0.4) is 0 Å². The number of rotatable bonds is 7. The van der Waals surface area contributed by atoms with Crippen LogP contribution in [0.5, 0.6) is 17.2 Å². The molecule has 2 atom stereocenters. The molecule has 210 valence electrons. The molecule has 0 saturated carbocycles. The normalized spacial score (nSPS) is 19.5. The lowest BCUT2D eigenvalue weighted by Crippen LogP contribution is -2.29. The van der Waals surface area contributed by atoms with Crippen molar-refractivity contribution in [1.82, 2.24) is 4.98 Å². The number of hydrogen-bond acceptors (Lipinski definition) is 8. The van der Waals surface area contributed by atoms with E-state index in [1.165, 1.54) is 23.1 Å². The summed E-state index contributed by atoms with van der Waals surface area (Å²) in [6.07, 6.45) is 0.658. The first-order valence-corrected chi connectivity index (χ1v) is 14.2. The molecule has 1 saturated heterocycles. The van der Waals surface area contributed by atoms with E-state index in [2.05, 4.69) is 4.98 Å². The minimum atomic E-state index is -1.03. The van der Waals surface area contributed by atoms with Crippen molar-refractivity contribution in [3.63, 3.8) is 0 Å². The molecular formula is C31H27FN2O6S. The summed E-state index contributed by atoms with van der Waals surface area (Å²) in [6.45, 7) is 6.43. The molecule has 2 aliphatic heterocycles. The number of aliphatic hydroxyl groups is 1. The molecule has 0 radical (unpaired) electrons. The number of anilines is 1. The standard InChI is InChI=1S/C31H27FN2O6S/c1-4-38-23-11-6-17(14-24(23)39-5-2)27-26(28(35)18-7-10-22-19(13-18)12-16(3)40-22)29(36)30(37)34(27)31-33-21-9-8-20(32)15-25(21)41-31/h6-11,13-16,27,35H,4-5,12H2,1-3H3/b28-26+. The van der Waals surface area contributed by atoms with Gasteiger partial charge in [0.05, 0.1) is 35.0 Å². The molecule has 1 N–H and O–H groups in total. The number of ether oxygens (including phenoxy) is 3. The van der Waals surface area contributed by atoms with Crippen molar-refractivity contribution >= 4 is 44.1 Å². The number of carbonyl (C=O) groups excluding carboxylic acids is 2. The minimum Gasteiger partial charge on any atom is -0.507 e. The van der Waals surface area contributed by atoms with Crippen LogP contribution in [0.2, 0.25) is 0 Å². The number of amides is 1. The fourth-order valence-electron chi connectivity index (χ4n) is 5.30. The van der Waals surface area contributed by atoms with Crippen molar-refractivity contribution < 1.29 is 33.3 Å². The summed E-state index contributed by atoms with van der Waals surface area (Å²) < 4.78 is 31.8. The number of aliphatic hydroxyl groups excluding tert-OH is 1. The highest BCUT2D eigenvalue weighted by atomic mass is 32.1. The van der Waals surface area contributed by atoms with E-state index in [0.717, 1.165) is 22.6 Å². The highest BCUT2D eigenvalue weighted by Crippen LogP contribution is 2.46. The quantitative estimate of drug-likeness (QED) is 0.160. The van der Waals surface area contributed by atoms with Gasteiger partial charge < -0.3 is 19.3 Å². The van der Waals surface area contributed by atoms with Gasteiger partial charge in [-0.25, -0.2) is 9.37 Å². The largest absolute Gasteiger partial charge is 0.507 e. The number of aromatic nitrogens is 1. The molecule has 10 heteroatoms. The van der Waals surface area contributed by atoms with Crippen LogP contribution in [-0.2, 0) is 16.0 Å². The number of halogens is 1. The number of Topliss-reactive ketones (excluding diaryl/α,β-unsaturated/α-hetero) is 1. The first-order valence-electron chi connectivity index (χ1n) is 13.4. The van der Waals surface area contributed by atoms with Crippen LogP contribution >= 0.6 is 11.3 Å². The zero-order valence-electron chi connectivity index (χ0n) is 22.6. The van der Waals surface area contributed by atoms with Crippen molar-refractivity contribution in [1.29, 1.82) is 0 Å². The average Bonchev–Trinajstić information content (AvgIpc) is 3.61. The SMILES string of the molecule is CCOc1ccc(C2/C(=C(\O)c3ccc4c(c3)CC(C)O4)C(=O)C(=O)N2c2nc3ccc(F)cc3s2)cc1OCC. The van der Waals surface area contributed by atoms with Crippen LogP contribution in [0, 0.1) is 5.82 Å². The number of nitrogens with zero attached hydrogens (tertiary/aromatic N) is 2. The Morgan fingerprint density at radius 1 is 1.07 bits per heavy atom. The maximum atomic E-state index is 14.0. The molecule has 2 unspecified atom stereocenters. The highest BCUT2D eigenvalue weighted by molar-refractivity contribution is 7.22. The van der Waals surface area contributed by atoms with Crippen molar-refractivity contribution in [3.8, 4) is 17.2 Å². The lowest BCUT2D eigenvalue weighted by Gasteiger charge is -2.24.